The molecule has 0 spiro atoms. The number of amides is 1. The zero-order valence-electron chi connectivity index (χ0n) is 21.0. The minimum absolute atomic E-state index is 0.0479. The predicted octanol–water partition coefficient (Wildman–Crippen LogP) is 5.45. The van der Waals surface area contributed by atoms with Gasteiger partial charge in [0.05, 0.1) is 18.3 Å². The fourth-order valence-electron chi connectivity index (χ4n) is 5.11. The van der Waals surface area contributed by atoms with E-state index in [-0.39, 0.29) is 11.9 Å². The molecule has 0 saturated carbocycles. The molecule has 2 aliphatic rings. The lowest BCUT2D eigenvalue weighted by atomic mass is 9.95. The van der Waals surface area contributed by atoms with Crippen LogP contribution < -0.4 is 0 Å². The molecule has 5 nitrogen and oxygen atoms in total. The maximum Gasteiger partial charge on any atom is 0.257 e. The smallest absolute Gasteiger partial charge is 0.257 e. The number of nitrogens with zero attached hydrogens (tertiary/aromatic N) is 4. The number of carbonyl (C=O) groups is 1. The predicted molar refractivity (Wildman–Crippen MR) is 146 cm³/mol. The first kappa shape index (κ1) is 24.7. The van der Waals surface area contributed by atoms with Crippen LogP contribution in [0.4, 0.5) is 0 Å². The molecule has 3 aromatic carbocycles. The third-order valence-electron chi connectivity index (χ3n) is 7.20. The van der Waals surface area contributed by atoms with Gasteiger partial charge in [-0.25, -0.2) is 5.01 Å². The standard InChI is InChI=1S/C30H33ClN4O/c1-22-8-9-23(2)27(18-22)28-19-29(25-10-12-26(31)13-11-25)35(32-28)30(36)21-34-16-14-33(15-17-34)20-24-6-4-3-5-7-24/h3-13,18,29H,14-17,19-21H2,1-2H3/t29-/m0/s1. The maximum atomic E-state index is 13.6. The van der Waals surface area contributed by atoms with E-state index in [2.05, 4.69) is 72.2 Å². The van der Waals surface area contributed by atoms with Crippen LogP contribution >= 0.6 is 11.6 Å². The third-order valence-corrected chi connectivity index (χ3v) is 7.45. The summed E-state index contributed by atoms with van der Waals surface area (Å²) in [5, 5.41) is 7.32. The van der Waals surface area contributed by atoms with Gasteiger partial charge in [-0.1, -0.05) is 71.8 Å². The van der Waals surface area contributed by atoms with Crippen molar-refractivity contribution >= 4 is 23.2 Å². The Morgan fingerprint density at radius 2 is 1.61 bits per heavy atom. The Balaban J connectivity index is 1.29. The second-order valence-corrected chi connectivity index (χ2v) is 10.3. The second kappa shape index (κ2) is 11.0. The SMILES string of the molecule is Cc1ccc(C)c(C2=NN(C(=O)CN3CCN(Cc4ccccc4)CC3)[C@H](c3ccc(Cl)cc3)C2)c1. The zero-order valence-corrected chi connectivity index (χ0v) is 21.8. The lowest BCUT2D eigenvalue weighted by molar-refractivity contribution is -0.134. The molecule has 36 heavy (non-hydrogen) atoms. The molecule has 0 N–H and O–H groups in total. The molecule has 0 radical (unpaired) electrons. The topological polar surface area (TPSA) is 39.2 Å². The number of aryl methyl sites for hydroxylation is 2. The highest BCUT2D eigenvalue weighted by Crippen LogP contribution is 2.34. The van der Waals surface area contributed by atoms with E-state index in [1.807, 2.05) is 24.3 Å². The summed E-state index contributed by atoms with van der Waals surface area (Å²) in [6.07, 6.45) is 0.697. The molecule has 0 aromatic heterocycles. The minimum Gasteiger partial charge on any atom is -0.297 e. The first-order chi connectivity index (χ1) is 17.5. The third kappa shape index (κ3) is 5.70. The van der Waals surface area contributed by atoms with Crippen molar-refractivity contribution < 1.29 is 4.79 Å². The molecule has 6 heteroatoms. The summed E-state index contributed by atoms with van der Waals surface area (Å²) in [6, 6.07) is 24.7. The van der Waals surface area contributed by atoms with Crippen molar-refractivity contribution in [2.45, 2.75) is 32.9 Å². The molecule has 5 rings (SSSR count). The molecule has 1 atom stereocenters. The quantitative estimate of drug-likeness (QED) is 0.451. The van der Waals surface area contributed by atoms with Crippen LogP contribution in [-0.2, 0) is 11.3 Å². The highest BCUT2D eigenvalue weighted by atomic mass is 35.5. The Hall–Kier alpha value is -2.99. The van der Waals surface area contributed by atoms with Crippen molar-refractivity contribution in [2.24, 2.45) is 5.10 Å². The Morgan fingerprint density at radius 1 is 0.917 bits per heavy atom. The van der Waals surface area contributed by atoms with Crippen LogP contribution in [0, 0.1) is 13.8 Å². The Kier molecular flexibility index (Phi) is 7.51. The summed E-state index contributed by atoms with van der Waals surface area (Å²) in [4.78, 5) is 18.3. The average molecular weight is 501 g/mol. The number of carbonyl (C=O) groups excluding carboxylic acids is 1. The highest BCUT2D eigenvalue weighted by Gasteiger charge is 2.34. The van der Waals surface area contributed by atoms with Crippen molar-refractivity contribution in [3.63, 3.8) is 0 Å². The van der Waals surface area contributed by atoms with E-state index in [1.54, 1.807) is 5.01 Å². The molecule has 0 bridgehead atoms. The van der Waals surface area contributed by atoms with Crippen LogP contribution in [0.3, 0.4) is 0 Å². The number of hydrogen-bond donors (Lipinski definition) is 0. The van der Waals surface area contributed by atoms with Crippen molar-refractivity contribution in [3.05, 3.63) is 106 Å². The van der Waals surface area contributed by atoms with Crippen molar-refractivity contribution in [2.75, 3.05) is 32.7 Å². The molecule has 1 fully saturated rings. The van der Waals surface area contributed by atoms with E-state index < -0.39 is 0 Å². The molecular weight excluding hydrogens is 468 g/mol. The van der Waals surface area contributed by atoms with Gasteiger partial charge in [0.2, 0.25) is 0 Å². The number of hydrazone groups is 1. The monoisotopic (exact) mass is 500 g/mol. The zero-order chi connectivity index (χ0) is 25.1. The van der Waals surface area contributed by atoms with Crippen LogP contribution in [0.2, 0.25) is 5.02 Å². The fraction of sp³-hybridized carbons (Fsp3) is 0.333. The van der Waals surface area contributed by atoms with Gasteiger partial charge in [0.25, 0.3) is 5.91 Å². The van der Waals surface area contributed by atoms with Crippen LogP contribution in [0.25, 0.3) is 0 Å². The average Bonchev–Trinajstić information content (AvgIpc) is 3.33. The highest BCUT2D eigenvalue weighted by molar-refractivity contribution is 6.30. The van der Waals surface area contributed by atoms with E-state index in [1.165, 1.54) is 16.7 Å². The molecule has 0 unspecified atom stereocenters. The lowest BCUT2D eigenvalue weighted by Gasteiger charge is -2.35. The number of hydrogen-bond acceptors (Lipinski definition) is 4. The summed E-state index contributed by atoms with van der Waals surface area (Å²) in [7, 11) is 0. The number of halogens is 1. The van der Waals surface area contributed by atoms with Crippen LogP contribution in [0.15, 0.2) is 77.9 Å². The van der Waals surface area contributed by atoms with Crippen LogP contribution in [-0.4, -0.2) is 59.2 Å². The van der Waals surface area contributed by atoms with E-state index in [4.69, 9.17) is 16.7 Å². The van der Waals surface area contributed by atoms with Crippen LogP contribution in [0.1, 0.15) is 40.3 Å². The summed E-state index contributed by atoms with van der Waals surface area (Å²) < 4.78 is 0. The molecule has 1 saturated heterocycles. The first-order valence-electron chi connectivity index (χ1n) is 12.7. The van der Waals surface area contributed by atoms with E-state index >= 15 is 0 Å². The molecule has 1 amide bonds. The van der Waals surface area contributed by atoms with Gasteiger partial charge < -0.3 is 0 Å². The lowest BCUT2D eigenvalue weighted by Crippen LogP contribution is -2.49. The Bertz CT molecular complexity index is 1230. The molecule has 0 aliphatic carbocycles. The Labute approximate surface area is 219 Å². The van der Waals surface area contributed by atoms with Gasteiger partial charge >= 0.3 is 0 Å². The fourth-order valence-corrected chi connectivity index (χ4v) is 5.23. The largest absolute Gasteiger partial charge is 0.297 e. The van der Waals surface area contributed by atoms with Gasteiger partial charge in [-0.05, 0) is 48.7 Å². The van der Waals surface area contributed by atoms with Crippen molar-refractivity contribution in [3.8, 4) is 0 Å². The molecule has 2 aliphatic heterocycles. The summed E-state index contributed by atoms with van der Waals surface area (Å²) in [6.45, 7) is 9.21. The van der Waals surface area contributed by atoms with E-state index in [0.29, 0.717) is 18.0 Å². The van der Waals surface area contributed by atoms with Gasteiger partial charge in [0.1, 0.15) is 0 Å². The molecule has 186 valence electrons. The van der Waals surface area contributed by atoms with Crippen LogP contribution in [0.5, 0.6) is 0 Å². The second-order valence-electron chi connectivity index (χ2n) is 9.91. The number of benzene rings is 3. The van der Waals surface area contributed by atoms with Crippen molar-refractivity contribution in [1.29, 1.82) is 0 Å². The van der Waals surface area contributed by atoms with Gasteiger partial charge in [0, 0.05) is 49.7 Å². The van der Waals surface area contributed by atoms with Gasteiger partial charge in [-0.15, -0.1) is 0 Å². The number of rotatable bonds is 6. The van der Waals surface area contributed by atoms with Gasteiger partial charge in [0.15, 0.2) is 0 Å². The maximum absolute atomic E-state index is 13.6. The van der Waals surface area contributed by atoms with E-state index in [9.17, 15) is 4.79 Å². The molecule has 2 heterocycles. The molecule has 3 aromatic rings. The normalized spacial score (nSPS) is 18.9. The van der Waals surface area contributed by atoms with Gasteiger partial charge in [-0.2, -0.15) is 5.10 Å². The minimum atomic E-state index is -0.121. The summed E-state index contributed by atoms with van der Waals surface area (Å²) in [5.74, 6) is 0.0479. The summed E-state index contributed by atoms with van der Waals surface area (Å²) in [5.41, 5.74) is 6.86. The molecular formula is C30H33ClN4O. The first-order valence-corrected chi connectivity index (χ1v) is 13.1. The number of piperazine rings is 1. The van der Waals surface area contributed by atoms with E-state index in [0.717, 1.165) is 49.6 Å². The van der Waals surface area contributed by atoms with Gasteiger partial charge in [-0.3, -0.25) is 14.6 Å². The summed E-state index contributed by atoms with van der Waals surface area (Å²) >= 11 is 6.15. The van der Waals surface area contributed by atoms with Crippen molar-refractivity contribution in [1.82, 2.24) is 14.8 Å². The Morgan fingerprint density at radius 3 is 2.33 bits per heavy atom.